The first kappa shape index (κ1) is 16.8. The maximum Gasteiger partial charge on any atom is 0.316 e. The predicted molar refractivity (Wildman–Crippen MR) is 80.9 cm³/mol. The van der Waals surface area contributed by atoms with Crippen molar-refractivity contribution in [3.05, 3.63) is 12.2 Å². The van der Waals surface area contributed by atoms with Gasteiger partial charge in [0.05, 0.1) is 0 Å². The van der Waals surface area contributed by atoms with Crippen LogP contribution in [0.2, 0.25) is 0 Å². The third-order valence-electron chi connectivity index (χ3n) is 3.39. The van der Waals surface area contributed by atoms with Gasteiger partial charge < -0.3 is 15.1 Å². The topological polar surface area (TPSA) is 52.7 Å². The van der Waals surface area contributed by atoms with E-state index in [1.165, 1.54) is 4.90 Å². The number of carbonyl (C=O) groups is 2. The van der Waals surface area contributed by atoms with Crippen LogP contribution >= 0.6 is 11.6 Å². The molecule has 0 saturated heterocycles. The lowest BCUT2D eigenvalue weighted by atomic mass is 9.94. The van der Waals surface area contributed by atoms with E-state index >= 15 is 0 Å². The second-order valence-electron chi connectivity index (χ2n) is 5.25. The zero-order valence-electron chi connectivity index (χ0n) is 12.3. The molecule has 6 heteroatoms. The van der Waals surface area contributed by atoms with Crippen molar-refractivity contribution in [1.29, 1.82) is 0 Å². The molecule has 0 fully saturated rings. The average Bonchev–Trinajstić information content (AvgIpc) is 2.46. The Kier molecular flexibility index (Phi) is 7.44. The van der Waals surface area contributed by atoms with E-state index in [-0.39, 0.29) is 17.8 Å². The van der Waals surface area contributed by atoms with Gasteiger partial charge >= 0.3 is 6.03 Å². The number of halogens is 1. The van der Waals surface area contributed by atoms with Crippen LogP contribution in [-0.4, -0.2) is 61.3 Å². The summed E-state index contributed by atoms with van der Waals surface area (Å²) in [5.74, 6) is 0.418. The zero-order valence-corrected chi connectivity index (χ0v) is 13.0. The number of carbonyl (C=O) groups excluding carboxylic acids is 2. The molecular formula is C14H24ClN3O2. The molecule has 0 radical (unpaired) electrons. The second kappa shape index (κ2) is 8.84. The molecule has 1 aliphatic carbocycles. The highest BCUT2D eigenvalue weighted by molar-refractivity contribution is 6.27. The molecule has 1 rings (SSSR count). The van der Waals surface area contributed by atoms with Crippen molar-refractivity contribution in [2.75, 3.05) is 39.6 Å². The van der Waals surface area contributed by atoms with Crippen molar-refractivity contribution in [1.82, 2.24) is 15.1 Å². The number of nitrogens with one attached hydrogen (secondary N) is 1. The average molecular weight is 302 g/mol. The van der Waals surface area contributed by atoms with Crippen LogP contribution in [0.5, 0.6) is 0 Å². The van der Waals surface area contributed by atoms with E-state index in [0.717, 1.165) is 19.3 Å². The second-order valence-corrected chi connectivity index (χ2v) is 5.52. The highest BCUT2D eigenvalue weighted by Crippen LogP contribution is 2.19. The molecular weight excluding hydrogens is 278 g/mol. The van der Waals surface area contributed by atoms with Crippen molar-refractivity contribution in [3.63, 3.8) is 0 Å². The van der Waals surface area contributed by atoms with Gasteiger partial charge in [-0.2, -0.15) is 0 Å². The van der Waals surface area contributed by atoms with Gasteiger partial charge in [0, 0.05) is 33.7 Å². The van der Waals surface area contributed by atoms with Crippen LogP contribution in [-0.2, 0) is 4.79 Å². The van der Waals surface area contributed by atoms with Crippen molar-refractivity contribution < 1.29 is 9.59 Å². The van der Waals surface area contributed by atoms with Gasteiger partial charge in [-0.3, -0.25) is 4.79 Å². The molecule has 1 unspecified atom stereocenters. The van der Waals surface area contributed by atoms with Crippen molar-refractivity contribution in [2.24, 2.45) is 5.92 Å². The Balaban J connectivity index is 2.41. The van der Waals surface area contributed by atoms with E-state index in [9.17, 15) is 9.59 Å². The Morgan fingerprint density at radius 2 is 2.10 bits per heavy atom. The molecule has 114 valence electrons. The van der Waals surface area contributed by atoms with Crippen LogP contribution in [0.15, 0.2) is 12.2 Å². The van der Waals surface area contributed by atoms with E-state index in [0.29, 0.717) is 25.6 Å². The minimum Gasteiger partial charge on any atom is -0.340 e. The lowest BCUT2D eigenvalue weighted by molar-refractivity contribution is -0.129. The monoisotopic (exact) mass is 301 g/mol. The van der Waals surface area contributed by atoms with Crippen molar-refractivity contribution >= 4 is 23.5 Å². The van der Waals surface area contributed by atoms with Gasteiger partial charge in [0.25, 0.3) is 0 Å². The standard InChI is InChI=1S/C14H24ClN3O2/c1-17(2)14(20)16-8-9-18(13(19)10-15)11-12-6-4-3-5-7-12/h3-4,12H,5-11H2,1-2H3,(H,16,20). The first-order chi connectivity index (χ1) is 9.54. The summed E-state index contributed by atoms with van der Waals surface area (Å²) >= 11 is 5.66. The third kappa shape index (κ3) is 5.82. The Labute approximate surface area is 125 Å². The summed E-state index contributed by atoms with van der Waals surface area (Å²) in [5.41, 5.74) is 0. The Hall–Kier alpha value is -1.23. The first-order valence-electron chi connectivity index (χ1n) is 6.98. The molecule has 0 aliphatic heterocycles. The van der Waals surface area contributed by atoms with E-state index in [1.807, 2.05) is 0 Å². The van der Waals surface area contributed by atoms with Crippen LogP contribution < -0.4 is 5.32 Å². The van der Waals surface area contributed by atoms with E-state index < -0.39 is 0 Å². The fourth-order valence-electron chi connectivity index (χ4n) is 2.19. The summed E-state index contributed by atoms with van der Waals surface area (Å²) in [5, 5.41) is 2.76. The smallest absolute Gasteiger partial charge is 0.316 e. The molecule has 0 aromatic rings. The third-order valence-corrected chi connectivity index (χ3v) is 3.62. The Bertz CT molecular complexity index is 358. The summed E-state index contributed by atoms with van der Waals surface area (Å²) in [6.07, 6.45) is 7.54. The van der Waals surface area contributed by atoms with Crippen molar-refractivity contribution in [2.45, 2.75) is 19.3 Å². The summed E-state index contributed by atoms with van der Waals surface area (Å²) in [6, 6.07) is -0.149. The number of nitrogens with zero attached hydrogens (tertiary/aromatic N) is 2. The number of hydrogen-bond donors (Lipinski definition) is 1. The predicted octanol–water partition coefficient (Wildman–Crippen LogP) is 1.68. The molecule has 0 aromatic heterocycles. The summed E-state index contributed by atoms with van der Waals surface area (Å²) in [6.45, 7) is 1.67. The van der Waals surface area contributed by atoms with Gasteiger partial charge in [-0.1, -0.05) is 12.2 Å². The van der Waals surface area contributed by atoms with E-state index in [4.69, 9.17) is 11.6 Å². The molecule has 1 N–H and O–H groups in total. The lowest BCUT2D eigenvalue weighted by Crippen LogP contribution is -2.43. The molecule has 1 aliphatic rings. The quantitative estimate of drug-likeness (QED) is 0.599. The maximum atomic E-state index is 11.8. The number of alkyl halides is 1. The van der Waals surface area contributed by atoms with Gasteiger partial charge in [-0.25, -0.2) is 4.79 Å². The lowest BCUT2D eigenvalue weighted by Gasteiger charge is -2.28. The fourth-order valence-corrected chi connectivity index (χ4v) is 2.36. The highest BCUT2D eigenvalue weighted by atomic mass is 35.5. The van der Waals surface area contributed by atoms with Crippen LogP contribution in [0.4, 0.5) is 4.79 Å². The number of amides is 3. The molecule has 3 amide bonds. The van der Waals surface area contributed by atoms with Crippen molar-refractivity contribution in [3.8, 4) is 0 Å². The molecule has 0 bridgehead atoms. The minimum absolute atomic E-state index is 0.00974. The molecule has 1 atom stereocenters. The van der Waals surface area contributed by atoms with Crippen LogP contribution in [0.3, 0.4) is 0 Å². The molecule has 20 heavy (non-hydrogen) atoms. The van der Waals surface area contributed by atoms with Crippen LogP contribution in [0, 0.1) is 5.92 Å². The van der Waals surface area contributed by atoms with E-state index in [1.54, 1.807) is 19.0 Å². The van der Waals surface area contributed by atoms with Gasteiger partial charge in [0.1, 0.15) is 5.88 Å². The normalized spacial score (nSPS) is 17.6. The number of rotatable bonds is 6. The SMILES string of the molecule is CN(C)C(=O)NCCN(CC1CC=CCC1)C(=O)CCl. The molecule has 0 saturated carbocycles. The first-order valence-corrected chi connectivity index (χ1v) is 7.52. The molecule has 0 heterocycles. The Morgan fingerprint density at radius 3 is 2.65 bits per heavy atom. The molecule has 5 nitrogen and oxygen atoms in total. The van der Waals surface area contributed by atoms with Gasteiger partial charge in [0.2, 0.25) is 5.91 Å². The van der Waals surface area contributed by atoms with Gasteiger partial charge in [-0.15, -0.1) is 11.6 Å². The fraction of sp³-hybridized carbons (Fsp3) is 0.714. The summed E-state index contributed by atoms with van der Waals surface area (Å²) in [7, 11) is 3.37. The Morgan fingerprint density at radius 1 is 1.35 bits per heavy atom. The number of allylic oxidation sites excluding steroid dienone is 2. The van der Waals surface area contributed by atoms with Gasteiger partial charge in [-0.05, 0) is 25.2 Å². The van der Waals surface area contributed by atoms with Crippen LogP contribution in [0.25, 0.3) is 0 Å². The molecule has 0 aromatic carbocycles. The van der Waals surface area contributed by atoms with E-state index in [2.05, 4.69) is 17.5 Å². The van der Waals surface area contributed by atoms with Gasteiger partial charge in [0.15, 0.2) is 0 Å². The maximum absolute atomic E-state index is 11.8. The number of urea groups is 1. The minimum atomic E-state index is -0.149. The molecule has 0 spiro atoms. The van der Waals surface area contributed by atoms with Crippen LogP contribution in [0.1, 0.15) is 19.3 Å². The summed E-state index contributed by atoms with van der Waals surface area (Å²) in [4.78, 5) is 26.5. The summed E-state index contributed by atoms with van der Waals surface area (Å²) < 4.78 is 0. The number of hydrogen-bond acceptors (Lipinski definition) is 2. The highest BCUT2D eigenvalue weighted by Gasteiger charge is 2.18. The largest absolute Gasteiger partial charge is 0.340 e. The zero-order chi connectivity index (χ0) is 15.0.